The second-order valence-electron chi connectivity index (χ2n) is 5.17. The van der Waals surface area contributed by atoms with Crippen LogP contribution >= 0.6 is 0 Å². The summed E-state index contributed by atoms with van der Waals surface area (Å²) >= 11 is 0. The molecule has 0 aliphatic carbocycles. The third-order valence-corrected chi connectivity index (χ3v) is 3.72. The van der Waals surface area contributed by atoms with Crippen LogP contribution in [0, 0.1) is 13.8 Å². The molecule has 1 heterocycles. The van der Waals surface area contributed by atoms with Crippen LogP contribution in [0.2, 0.25) is 0 Å². The number of aromatic nitrogens is 2. The Balaban J connectivity index is 2.10. The molecule has 1 aromatic heterocycles. The van der Waals surface area contributed by atoms with Gasteiger partial charge in [-0.05, 0) is 26.0 Å². The number of hydrogen-bond donors (Lipinski definition) is 2. The summed E-state index contributed by atoms with van der Waals surface area (Å²) < 4.78 is 12.3. The number of ether oxygens (including phenoxy) is 2. The lowest BCUT2D eigenvalue weighted by molar-refractivity contribution is 0.355. The van der Waals surface area contributed by atoms with Gasteiger partial charge in [-0.25, -0.2) is 4.99 Å². The lowest BCUT2D eigenvalue weighted by atomic mass is 10.2. The van der Waals surface area contributed by atoms with Crippen molar-refractivity contribution in [2.24, 2.45) is 17.8 Å². The van der Waals surface area contributed by atoms with Crippen LogP contribution in [0.15, 0.2) is 23.2 Å². The van der Waals surface area contributed by atoms with Gasteiger partial charge in [0.2, 0.25) is 0 Å². The van der Waals surface area contributed by atoms with Crippen LogP contribution in [-0.4, -0.2) is 30.0 Å². The Labute approximate surface area is 136 Å². The average Bonchev–Trinajstić information content (AvgIpc) is 2.78. The van der Waals surface area contributed by atoms with Crippen molar-refractivity contribution in [3.05, 3.63) is 35.2 Å². The second-order valence-corrected chi connectivity index (χ2v) is 5.17. The molecule has 0 atom stereocenters. The zero-order valence-electron chi connectivity index (χ0n) is 14.2. The van der Waals surface area contributed by atoms with E-state index in [1.54, 1.807) is 14.2 Å². The van der Waals surface area contributed by atoms with Gasteiger partial charge in [-0.2, -0.15) is 5.10 Å². The molecule has 0 spiro atoms. The van der Waals surface area contributed by atoms with E-state index in [0.717, 1.165) is 22.6 Å². The molecule has 2 aromatic rings. The van der Waals surface area contributed by atoms with Crippen molar-refractivity contribution >= 4 is 11.6 Å². The van der Waals surface area contributed by atoms with Gasteiger partial charge in [0, 0.05) is 30.1 Å². The van der Waals surface area contributed by atoms with Crippen molar-refractivity contribution in [2.75, 3.05) is 19.5 Å². The van der Waals surface area contributed by atoms with Crippen molar-refractivity contribution in [1.82, 2.24) is 9.78 Å². The van der Waals surface area contributed by atoms with Crippen LogP contribution in [0.5, 0.6) is 11.5 Å². The molecule has 3 N–H and O–H groups in total. The smallest absolute Gasteiger partial charge is 0.193 e. The summed E-state index contributed by atoms with van der Waals surface area (Å²) in [5, 5.41) is 7.42. The second kappa shape index (κ2) is 7.04. The number of hydrogen-bond acceptors (Lipinski definition) is 4. The van der Waals surface area contributed by atoms with E-state index >= 15 is 0 Å². The molecule has 23 heavy (non-hydrogen) atoms. The fourth-order valence-corrected chi connectivity index (χ4v) is 2.31. The summed E-state index contributed by atoms with van der Waals surface area (Å²) in [6.07, 6.45) is 0. The van der Waals surface area contributed by atoms with E-state index in [0.29, 0.717) is 24.0 Å². The van der Waals surface area contributed by atoms with Gasteiger partial charge in [0.25, 0.3) is 0 Å². The summed E-state index contributed by atoms with van der Waals surface area (Å²) in [7, 11) is 5.10. The molecule has 124 valence electrons. The summed E-state index contributed by atoms with van der Waals surface area (Å²) in [6.45, 7) is 4.47. The van der Waals surface area contributed by atoms with E-state index < -0.39 is 0 Å². The van der Waals surface area contributed by atoms with Gasteiger partial charge in [0.1, 0.15) is 0 Å². The lowest BCUT2D eigenvalue weighted by Crippen LogP contribution is -2.22. The highest BCUT2D eigenvalue weighted by Crippen LogP contribution is 2.29. The Morgan fingerprint density at radius 2 is 1.96 bits per heavy atom. The molecule has 0 fully saturated rings. The molecule has 7 nitrogen and oxygen atoms in total. The third-order valence-electron chi connectivity index (χ3n) is 3.72. The van der Waals surface area contributed by atoms with Crippen LogP contribution in [0.3, 0.4) is 0 Å². The number of rotatable bonds is 5. The van der Waals surface area contributed by atoms with E-state index in [-0.39, 0.29) is 0 Å². The molecule has 0 aliphatic heterocycles. The normalized spacial score (nSPS) is 11.4. The minimum Gasteiger partial charge on any atom is -0.493 e. The van der Waals surface area contributed by atoms with Crippen molar-refractivity contribution in [3.63, 3.8) is 0 Å². The average molecular weight is 317 g/mol. The SMILES string of the molecule is COc1ccc(NC(N)=NCc2c(C)nn(C)c2C)cc1OC. The first-order chi connectivity index (χ1) is 11.0. The van der Waals surface area contributed by atoms with Gasteiger partial charge in [-0.1, -0.05) is 0 Å². The minimum atomic E-state index is 0.333. The zero-order chi connectivity index (χ0) is 17.0. The Morgan fingerprint density at radius 1 is 1.26 bits per heavy atom. The molecule has 0 radical (unpaired) electrons. The highest BCUT2D eigenvalue weighted by molar-refractivity contribution is 5.92. The largest absolute Gasteiger partial charge is 0.493 e. The fourth-order valence-electron chi connectivity index (χ4n) is 2.31. The van der Waals surface area contributed by atoms with Gasteiger partial charge < -0.3 is 20.5 Å². The van der Waals surface area contributed by atoms with E-state index in [1.165, 1.54) is 0 Å². The third kappa shape index (κ3) is 3.74. The molecule has 0 bridgehead atoms. The van der Waals surface area contributed by atoms with E-state index in [1.807, 2.05) is 43.8 Å². The number of aryl methyl sites for hydroxylation is 2. The Kier molecular flexibility index (Phi) is 5.10. The highest BCUT2D eigenvalue weighted by atomic mass is 16.5. The number of methoxy groups -OCH3 is 2. The van der Waals surface area contributed by atoms with Gasteiger partial charge in [-0.15, -0.1) is 0 Å². The Bertz CT molecular complexity index is 722. The van der Waals surface area contributed by atoms with Gasteiger partial charge in [-0.3, -0.25) is 4.68 Å². The van der Waals surface area contributed by atoms with Crippen molar-refractivity contribution in [1.29, 1.82) is 0 Å². The highest BCUT2D eigenvalue weighted by Gasteiger charge is 2.09. The molecular weight excluding hydrogens is 294 g/mol. The van der Waals surface area contributed by atoms with Crippen LogP contribution in [0.1, 0.15) is 17.0 Å². The zero-order valence-corrected chi connectivity index (χ0v) is 14.2. The predicted octanol–water partition coefficient (Wildman–Crippen LogP) is 1.98. The lowest BCUT2D eigenvalue weighted by Gasteiger charge is -2.11. The summed E-state index contributed by atoms with van der Waals surface area (Å²) in [5.41, 5.74) is 9.88. The van der Waals surface area contributed by atoms with E-state index in [9.17, 15) is 0 Å². The summed E-state index contributed by atoms with van der Waals surface area (Å²) in [5.74, 6) is 1.62. The number of aliphatic imine (C=N–C) groups is 1. The molecule has 0 amide bonds. The van der Waals surface area contributed by atoms with Crippen LogP contribution in [0.25, 0.3) is 0 Å². The fraction of sp³-hybridized carbons (Fsp3) is 0.375. The Morgan fingerprint density at radius 3 is 2.52 bits per heavy atom. The van der Waals surface area contributed by atoms with E-state index in [2.05, 4.69) is 15.4 Å². The number of nitrogens with zero attached hydrogens (tertiary/aromatic N) is 3. The maximum Gasteiger partial charge on any atom is 0.193 e. The number of benzene rings is 1. The van der Waals surface area contributed by atoms with Crippen molar-refractivity contribution < 1.29 is 9.47 Å². The first-order valence-corrected chi connectivity index (χ1v) is 7.24. The topological polar surface area (TPSA) is 86.7 Å². The molecule has 7 heteroatoms. The number of nitrogens with two attached hydrogens (primary N) is 1. The van der Waals surface area contributed by atoms with Crippen molar-refractivity contribution in [3.8, 4) is 11.5 Å². The number of guanidine groups is 1. The quantitative estimate of drug-likeness (QED) is 0.650. The molecule has 0 aliphatic rings. The minimum absolute atomic E-state index is 0.333. The molecule has 0 saturated carbocycles. The van der Waals surface area contributed by atoms with E-state index in [4.69, 9.17) is 15.2 Å². The molecular formula is C16H23N5O2. The summed E-state index contributed by atoms with van der Waals surface area (Å²) in [6, 6.07) is 5.47. The number of nitrogens with one attached hydrogen (secondary N) is 1. The molecule has 2 rings (SSSR count). The first kappa shape index (κ1) is 16.7. The van der Waals surface area contributed by atoms with Gasteiger partial charge in [0.15, 0.2) is 17.5 Å². The maximum atomic E-state index is 5.96. The predicted molar refractivity (Wildman–Crippen MR) is 91.2 cm³/mol. The summed E-state index contributed by atoms with van der Waals surface area (Å²) in [4.78, 5) is 4.38. The number of anilines is 1. The Hall–Kier alpha value is -2.70. The molecule has 1 aromatic carbocycles. The molecule has 0 saturated heterocycles. The van der Waals surface area contributed by atoms with Crippen LogP contribution in [0.4, 0.5) is 5.69 Å². The molecule has 0 unspecified atom stereocenters. The first-order valence-electron chi connectivity index (χ1n) is 7.24. The maximum absolute atomic E-state index is 5.96. The monoisotopic (exact) mass is 317 g/mol. The van der Waals surface area contributed by atoms with Gasteiger partial charge >= 0.3 is 0 Å². The van der Waals surface area contributed by atoms with Gasteiger partial charge in [0.05, 0.1) is 26.5 Å². The standard InChI is InChI=1S/C16H23N5O2/c1-10-13(11(2)21(3)20-10)9-18-16(17)19-12-6-7-14(22-4)15(8-12)23-5/h6-8H,9H2,1-5H3,(H3,17,18,19). The van der Waals surface area contributed by atoms with Crippen LogP contribution < -0.4 is 20.5 Å². The van der Waals surface area contributed by atoms with Crippen molar-refractivity contribution in [2.45, 2.75) is 20.4 Å². The van der Waals surface area contributed by atoms with Crippen LogP contribution in [-0.2, 0) is 13.6 Å².